The van der Waals surface area contributed by atoms with Gasteiger partial charge in [0.05, 0.1) is 35.7 Å². The predicted octanol–water partition coefficient (Wildman–Crippen LogP) is 9.78. The van der Waals surface area contributed by atoms with Crippen molar-refractivity contribution in [3.05, 3.63) is 170 Å². The third kappa shape index (κ3) is 5.30. The number of hydrogen-bond acceptors (Lipinski definition) is 4. The molecule has 7 rings (SSSR count). The van der Waals surface area contributed by atoms with E-state index in [2.05, 4.69) is 125 Å². The summed E-state index contributed by atoms with van der Waals surface area (Å²) in [5.41, 5.74) is 9.91. The largest absolute Gasteiger partial charge is 0.311 e. The van der Waals surface area contributed by atoms with Crippen molar-refractivity contribution in [1.29, 1.82) is 0 Å². The first kappa shape index (κ1) is 26.8. The Morgan fingerprint density at radius 2 is 0.932 bits per heavy atom. The van der Waals surface area contributed by atoms with Crippen molar-refractivity contribution in [2.24, 2.45) is 0 Å². The first-order chi connectivity index (χ1) is 21.8. The molecule has 0 N–H and O–H groups in total. The van der Waals surface area contributed by atoms with Crippen LogP contribution in [0.25, 0.3) is 45.7 Å². The highest BCUT2D eigenvalue weighted by Gasteiger charge is 2.14. The molecule has 0 atom stereocenters. The molecular weight excluding hydrogens is 538 g/mol. The van der Waals surface area contributed by atoms with Gasteiger partial charge in [-0.2, -0.15) is 0 Å². The highest BCUT2D eigenvalue weighted by Crippen LogP contribution is 2.35. The predicted molar refractivity (Wildman–Crippen MR) is 180 cm³/mol. The highest BCUT2D eigenvalue weighted by molar-refractivity contribution is 5.78. The van der Waals surface area contributed by atoms with Crippen molar-refractivity contribution in [1.82, 2.24) is 19.5 Å². The molecule has 0 radical (unpaired) electrons. The third-order valence-electron chi connectivity index (χ3n) is 7.55. The zero-order valence-corrected chi connectivity index (χ0v) is 24.0. The Labute approximate surface area is 257 Å². The number of nitrogens with zero attached hydrogens (tertiary/aromatic N) is 5. The number of benzene rings is 5. The molecule has 2 heterocycles. The zero-order chi connectivity index (χ0) is 29.7. The van der Waals surface area contributed by atoms with E-state index in [1.165, 1.54) is 0 Å². The molecule has 2 aromatic heterocycles. The zero-order valence-electron chi connectivity index (χ0n) is 24.0. The van der Waals surface area contributed by atoms with Crippen LogP contribution in [-0.2, 0) is 0 Å². The molecule has 0 aliphatic rings. The molecule has 0 bridgehead atoms. The number of rotatable bonds is 8. The molecular formula is C39H29N5. The average Bonchev–Trinajstić information content (AvgIpc) is 3.55. The lowest BCUT2D eigenvalue weighted by atomic mass is 10.1. The minimum absolute atomic E-state index is 0.814. The molecule has 0 fully saturated rings. The van der Waals surface area contributed by atoms with Crippen LogP contribution in [0, 0.1) is 0 Å². The van der Waals surface area contributed by atoms with Crippen molar-refractivity contribution in [2.75, 3.05) is 4.90 Å². The van der Waals surface area contributed by atoms with Crippen LogP contribution in [0.2, 0.25) is 0 Å². The molecule has 0 aliphatic heterocycles. The minimum atomic E-state index is 0.814. The number of para-hydroxylation sites is 3. The van der Waals surface area contributed by atoms with Crippen LogP contribution in [0.4, 0.5) is 17.1 Å². The Morgan fingerprint density at radius 1 is 0.477 bits per heavy atom. The normalized spacial score (nSPS) is 10.8. The van der Waals surface area contributed by atoms with Crippen LogP contribution in [0.3, 0.4) is 0 Å². The topological polar surface area (TPSA) is 46.8 Å². The van der Waals surface area contributed by atoms with Crippen molar-refractivity contribution in [3.63, 3.8) is 0 Å². The fourth-order valence-electron chi connectivity index (χ4n) is 5.36. The van der Waals surface area contributed by atoms with E-state index in [0.717, 1.165) is 62.3 Å². The maximum atomic E-state index is 4.76. The van der Waals surface area contributed by atoms with Gasteiger partial charge in [-0.3, -0.25) is 14.5 Å². The van der Waals surface area contributed by atoms with Crippen molar-refractivity contribution < 1.29 is 0 Å². The Bertz CT molecular complexity index is 1940. The average molecular weight is 568 g/mol. The SMILES string of the molecule is C=Cc1cnc(-c2ccc(-c3cnc(-c4ccc(N(c5ccccc5)c5ccccc5)cc4)cn3)cc2)n1-c1ccccc1. The van der Waals surface area contributed by atoms with Crippen LogP contribution in [0.5, 0.6) is 0 Å². The van der Waals surface area contributed by atoms with E-state index in [1.54, 1.807) is 0 Å². The molecule has 0 saturated heterocycles. The lowest BCUT2D eigenvalue weighted by Gasteiger charge is -2.25. The fourth-order valence-corrected chi connectivity index (χ4v) is 5.36. The number of imidazole rings is 1. The van der Waals surface area contributed by atoms with E-state index in [1.807, 2.05) is 55.0 Å². The smallest absolute Gasteiger partial charge is 0.144 e. The molecule has 0 unspecified atom stereocenters. The van der Waals surface area contributed by atoms with E-state index >= 15 is 0 Å². The quantitative estimate of drug-likeness (QED) is 0.183. The van der Waals surface area contributed by atoms with Crippen molar-refractivity contribution in [3.8, 4) is 39.6 Å². The summed E-state index contributed by atoms with van der Waals surface area (Å²) in [6.07, 6.45) is 7.34. The second kappa shape index (κ2) is 12.0. The summed E-state index contributed by atoms with van der Waals surface area (Å²) >= 11 is 0. The summed E-state index contributed by atoms with van der Waals surface area (Å²) in [7, 11) is 0. The molecule has 0 spiro atoms. The molecule has 0 saturated carbocycles. The first-order valence-corrected chi connectivity index (χ1v) is 14.5. The monoisotopic (exact) mass is 567 g/mol. The lowest BCUT2D eigenvalue weighted by molar-refractivity contribution is 1.05. The Balaban J connectivity index is 1.12. The molecule has 5 aromatic carbocycles. The number of anilines is 3. The van der Waals surface area contributed by atoms with Gasteiger partial charge in [-0.05, 0) is 54.6 Å². The molecule has 0 amide bonds. The summed E-state index contributed by atoms with van der Waals surface area (Å²) < 4.78 is 2.11. The van der Waals surface area contributed by atoms with E-state index in [0.29, 0.717) is 0 Å². The van der Waals surface area contributed by atoms with Crippen molar-refractivity contribution in [2.45, 2.75) is 0 Å². The van der Waals surface area contributed by atoms with Crippen LogP contribution in [0.1, 0.15) is 5.69 Å². The summed E-state index contributed by atoms with van der Waals surface area (Å²) in [6.45, 7) is 3.97. The molecule has 0 aliphatic carbocycles. The van der Waals surface area contributed by atoms with Gasteiger partial charge in [0.1, 0.15) is 5.82 Å². The van der Waals surface area contributed by atoms with Crippen molar-refractivity contribution >= 4 is 23.1 Å². The molecule has 210 valence electrons. The summed E-state index contributed by atoms with van der Waals surface area (Å²) in [6, 6.07) is 47.7. The second-order valence-electron chi connectivity index (χ2n) is 10.3. The van der Waals surface area contributed by atoms with Crippen LogP contribution in [-0.4, -0.2) is 19.5 Å². The standard InChI is InChI=1S/C39H29N5/c1-2-32-26-42-39(44(32)35-16-10-5-11-17-35)31-20-18-29(19-21-31)37-27-41-38(28-40-37)30-22-24-36(25-23-30)43(33-12-6-3-7-13-33)34-14-8-4-9-15-34/h2-28H,1H2. The van der Waals surface area contributed by atoms with E-state index < -0.39 is 0 Å². The molecule has 5 nitrogen and oxygen atoms in total. The van der Waals surface area contributed by atoms with E-state index in [-0.39, 0.29) is 0 Å². The lowest BCUT2D eigenvalue weighted by Crippen LogP contribution is -2.09. The van der Waals surface area contributed by atoms with Gasteiger partial charge < -0.3 is 4.90 Å². The van der Waals surface area contributed by atoms with Crippen LogP contribution in [0.15, 0.2) is 165 Å². The number of aromatic nitrogens is 4. The van der Waals surface area contributed by atoms with Gasteiger partial charge >= 0.3 is 0 Å². The second-order valence-corrected chi connectivity index (χ2v) is 10.3. The molecule has 44 heavy (non-hydrogen) atoms. The minimum Gasteiger partial charge on any atom is -0.311 e. The van der Waals surface area contributed by atoms with Crippen LogP contribution >= 0.6 is 0 Å². The fraction of sp³-hybridized carbons (Fsp3) is 0. The summed E-state index contributed by atoms with van der Waals surface area (Å²) in [5, 5.41) is 0. The van der Waals surface area contributed by atoms with E-state index in [9.17, 15) is 0 Å². The van der Waals surface area contributed by atoms with E-state index in [4.69, 9.17) is 15.0 Å². The van der Waals surface area contributed by atoms with Gasteiger partial charge in [-0.1, -0.05) is 97.6 Å². The summed E-state index contributed by atoms with van der Waals surface area (Å²) in [4.78, 5) is 16.5. The van der Waals surface area contributed by atoms with Crippen LogP contribution < -0.4 is 4.90 Å². The summed E-state index contributed by atoms with van der Waals surface area (Å²) in [5.74, 6) is 0.862. The maximum absolute atomic E-state index is 4.76. The van der Waals surface area contributed by atoms with Gasteiger partial charge in [0, 0.05) is 39.4 Å². The maximum Gasteiger partial charge on any atom is 0.144 e. The first-order valence-electron chi connectivity index (χ1n) is 14.5. The van der Waals surface area contributed by atoms with Gasteiger partial charge in [0.2, 0.25) is 0 Å². The Kier molecular flexibility index (Phi) is 7.33. The third-order valence-corrected chi connectivity index (χ3v) is 7.55. The molecule has 5 heteroatoms. The Hall–Kier alpha value is -6.07. The van der Waals surface area contributed by atoms with Gasteiger partial charge in [-0.15, -0.1) is 0 Å². The molecule has 7 aromatic rings. The Morgan fingerprint density at radius 3 is 1.43 bits per heavy atom. The highest BCUT2D eigenvalue weighted by atomic mass is 15.1. The number of hydrogen-bond donors (Lipinski definition) is 0. The van der Waals surface area contributed by atoms with Gasteiger partial charge in [0.25, 0.3) is 0 Å². The van der Waals surface area contributed by atoms with Gasteiger partial charge in [-0.25, -0.2) is 4.98 Å². The van der Waals surface area contributed by atoms with Gasteiger partial charge in [0.15, 0.2) is 0 Å².